The molecule has 0 fully saturated rings. The van der Waals surface area contributed by atoms with Gasteiger partial charge in [0.25, 0.3) is 0 Å². The second-order valence-electron chi connectivity index (χ2n) is 6.20. The Hall–Kier alpha value is -2.70. The van der Waals surface area contributed by atoms with Crippen LogP contribution >= 0.6 is 15.9 Å². The third kappa shape index (κ3) is 13.4. The average molecular weight is 533 g/mol. The summed E-state index contributed by atoms with van der Waals surface area (Å²) in [5, 5.41) is 44.6. The van der Waals surface area contributed by atoms with Crippen LogP contribution in [0.4, 0.5) is 0 Å². The van der Waals surface area contributed by atoms with Crippen LogP contribution in [0, 0.1) is 0 Å². The zero-order valence-corrected chi connectivity index (χ0v) is 19.9. The zero-order chi connectivity index (χ0) is 25.2. The van der Waals surface area contributed by atoms with Gasteiger partial charge in [0.15, 0.2) is 6.61 Å². The second kappa shape index (κ2) is 17.8. The maximum absolute atomic E-state index is 10.8. The minimum absolute atomic E-state index is 0.0700. The highest BCUT2D eigenvalue weighted by Gasteiger charge is 2.04. The Morgan fingerprint density at radius 1 is 0.727 bits per heavy atom. The van der Waals surface area contributed by atoms with Gasteiger partial charge in [-0.25, -0.2) is 4.79 Å². The first-order chi connectivity index (χ1) is 15.8. The normalized spacial score (nSPS) is 9.55. The Morgan fingerprint density at radius 3 is 1.42 bits per heavy atom. The number of esters is 2. The fraction of sp³-hybridized carbons (Fsp3) is 0.364. The van der Waals surface area contributed by atoms with Gasteiger partial charge < -0.3 is 39.7 Å². The number of carbonyl (C=O) groups excluding carboxylic acids is 2. The first kappa shape index (κ1) is 30.3. The van der Waals surface area contributed by atoms with Crippen molar-refractivity contribution in [3.8, 4) is 11.5 Å². The highest BCUT2D eigenvalue weighted by molar-refractivity contribution is 9.09. The summed E-state index contributed by atoms with van der Waals surface area (Å²) >= 11 is 2.90. The number of phenols is 1. The Balaban J connectivity index is 0.000000520. The molecule has 0 atom stereocenters. The van der Waals surface area contributed by atoms with Crippen LogP contribution in [0.3, 0.4) is 0 Å². The molecule has 0 unspecified atom stereocenters. The smallest absolute Gasteiger partial charge is 0.343 e. The number of phenolic OH excluding ortho intramolecular Hbond substituents is 1. The summed E-state index contributed by atoms with van der Waals surface area (Å²) in [6.45, 7) is -0.746. The van der Waals surface area contributed by atoms with Crippen LogP contribution in [-0.4, -0.2) is 63.6 Å². The summed E-state index contributed by atoms with van der Waals surface area (Å²) in [6.07, 6.45) is 0. The van der Waals surface area contributed by atoms with Gasteiger partial charge in [0.05, 0.1) is 40.6 Å². The van der Waals surface area contributed by atoms with Crippen molar-refractivity contribution in [2.75, 3.05) is 26.2 Å². The number of hydrogen-bond acceptors (Lipinski definition) is 10. The molecular formula is C22H29BrO10. The quantitative estimate of drug-likeness (QED) is 0.246. The van der Waals surface area contributed by atoms with E-state index in [-0.39, 0.29) is 50.1 Å². The van der Waals surface area contributed by atoms with E-state index >= 15 is 0 Å². The summed E-state index contributed by atoms with van der Waals surface area (Å²) in [7, 11) is 2.62. The van der Waals surface area contributed by atoms with Gasteiger partial charge in [-0.05, 0) is 46.5 Å². The standard InChI is InChI=1S/C11H14O5.C8H10O3.C3H5BrO2/c1-15-11(14)7-16-10-3-8(5-12)2-9(4-10)6-13;9-4-6-1-7(5-10)3-8(11)2-6;1-6-3(5)2-4/h2-4,12-13H,5-7H2,1H3;1-3,9-11H,4-5H2;2H2,1H3. The molecule has 0 heterocycles. The van der Waals surface area contributed by atoms with Crippen LogP contribution in [0.5, 0.6) is 11.5 Å². The van der Waals surface area contributed by atoms with Gasteiger partial charge in [-0.15, -0.1) is 0 Å². The van der Waals surface area contributed by atoms with Gasteiger partial charge >= 0.3 is 11.9 Å². The number of ether oxygens (including phenoxy) is 3. The van der Waals surface area contributed by atoms with Gasteiger partial charge in [0.2, 0.25) is 0 Å². The number of rotatable bonds is 8. The third-order valence-corrected chi connectivity index (χ3v) is 4.17. The SMILES string of the molecule is COC(=O)CBr.COC(=O)COc1cc(CO)cc(CO)c1.OCc1cc(O)cc(CO)c1. The van der Waals surface area contributed by atoms with Crippen molar-refractivity contribution in [1.82, 2.24) is 0 Å². The predicted octanol–water partition coefficient (Wildman–Crippen LogP) is 1.15. The van der Waals surface area contributed by atoms with E-state index in [2.05, 4.69) is 25.4 Å². The molecule has 2 rings (SSSR count). The van der Waals surface area contributed by atoms with Crippen molar-refractivity contribution in [2.24, 2.45) is 0 Å². The van der Waals surface area contributed by atoms with Gasteiger partial charge in [-0.3, -0.25) is 4.79 Å². The van der Waals surface area contributed by atoms with E-state index in [0.717, 1.165) is 0 Å². The highest BCUT2D eigenvalue weighted by Crippen LogP contribution is 2.18. The molecule has 10 nitrogen and oxygen atoms in total. The van der Waals surface area contributed by atoms with Crippen molar-refractivity contribution in [2.45, 2.75) is 26.4 Å². The lowest BCUT2D eigenvalue weighted by Crippen LogP contribution is -2.12. The number of benzene rings is 2. The van der Waals surface area contributed by atoms with Crippen LogP contribution in [0.1, 0.15) is 22.3 Å². The lowest BCUT2D eigenvalue weighted by Gasteiger charge is -2.08. The molecule has 11 heteroatoms. The number of alkyl halides is 1. The fourth-order valence-corrected chi connectivity index (χ4v) is 2.40. The van der Waals surface area contributed by atoms with Crippen molar-refractivity contribution < 1.29 is 49.3 Å². The first-order valence-electron chi connectivity index (χ1n) is 9.47. The maximum atomic E-state index is 10.8. The van der Waals surface area contributed by atoms with Crippen molar-refractivity contribution in [3.63, 3.8) is 0 Å². The molecule has 2 aromatic carbocycles. The minimum Gasteiger partial charge on any atom is -0.508 e. The molecule has 0 saturated heterocycles. The fourth-order valence-electron chi connectivity index (χ4n) is 2.18. The van der Waals surface area contributed by atoms with Crippen molar-refractivity contribution in [3.05, 3.63) is 58.7 Å². The van der Waals surface area contributed by atoms with Gasteiger partial charge in [0.1, 0.15) is 16.8 Å². The Labute approximate surface area is 200 Å². The van der Waals surface area contributed by atoms with Crippen LogP contribution in [0.2, 0.25) is 0 Å². The van der Waals surface area contributed by atoms with Crippen LogP contribution in [0.25, 0.3) is 0 Å². The van der Waals surface area contributed by atoms with E-state index in [4.69, 9.17) is 30.3 Å². The summed E-state index contributed by atoms with van der Waals surface area (Å²) in [5.74, 6) is -0.239. The number of hydrogen-bond donors (Lipinski definition) is 5. The molecule has 0 amide bonds. The maximum Gasteiger partial charge on any atom is 0.343 e. The Bertz CT molecular complexity index is 807. The number of aliphatic hydroxyl groups is 4. The van der Waals surface area contributed by atoms with E-state index in [9.17, 15) is 9.59 Å². The molecular weight excluding hydrogens is 504 g/mol. The topological polar surface area (TPSA) is 163 Å². The Kier molecular flexibility index (Phi) is 16.4. The third-order valence-electron chi connectivity index (χ3n) is 3.71. The lowest BCUT2D eigenvalue weighted by molar-refractivity contribution is -0.143. The molecule has 33 heavy (non-hydrogen) atoms. The summed E-state index contributed by atoms with van der Waals surface area (Å²) in [4.78, 5) is 20.8. The molecule has 0 aliphatic heterocycles. The predicted molar refractivity (Wildman–Crippen MR) is 122 cm³/mol. The molecule has 0 spiro atoms. The molecule has 2 aromatic rings. The minimum atomic E-state index is -0.486. The number of halogens is 1. The molecule has 0 radical (unpaired) electrons. The summed E-state index contributed by atoms with van der Waals surface area (Å²) < 4.78 is 13.8. The average Bonchev–Trinajstić information content (AvgIpc) is 2.86. The molecule has 184 valence electrons. The molecule has 0 aliphatic carbocycles. The van der Waals surface area contributed by atoms with Crippen molar-refractivity contribution >= 4 is 27.9 Å². The van der Waals surface area contributed by atoms with Crippen LogP contribution < -0.4 is 4.74 Å². The van der Waals surface area contributed by atoms with Gasteiger partial charge in [-0.2, -0.15) is 0 Å². The molecule has 0 aliphatic rings. The lowest BCUT2D eigenvalue weighted by atomic mass is 10.1. The molecule has 0 aromatic heterocycles. The van der Waals surface area contributed by atoms with Crippen LogP contribution in [0.15, 0.2) is 36.4 Å². The summed E-state index contributed by atoms with van der Waals surface area (Å²) in [5.41, 5.74) is 2.45. The van der Waals surface area contributed by atoms with Crippen molar-refractivity contribution in [1.29, 1.82) is 0 Å². The number of carbonyl (C=O) groups is 2. The number of aromatic hydroxyl groups is 1. The van der Waals surface area contributed by atoms with Crippen LogP contribution in [-0.2, 0) is 45.5 Å². The zero-order valence-electron chi connectivity index (χ0n) is 18.4. The van der Waals surface area contributed by atoms with E-state index in [1.807, 2.05) is 0 Å². The first-order valence-corrected chi connectivity index (χ1v) is 10.6. The van der Waals surface area contributed by atoms with Gasteiger partial charge in [0, 0.05) is 0 Å². The molecule has 0 saturated carbocycles. The largest absolute Gasteiger partial charge is 0.508 e. The van der Waals surface area contributed by atoms with E-state index < -0.39 is 5.97 Å². The monoisotopic (exact) mass is 532 g/mol. The van der Waals surface area contributed by atoms with E-state index in [0.29, 0.717) is 28.0 Å². The summed E-state index contributed by atoms with van der Waals surface area (Å²) in [6, 6.07) is 9.41. The molecule has 5 N–H and O–H groups in total. The second-order valence-corrected chi connectivity index (χ2v) is 6.76. The number of methoxy groups -OCH3 is 2. The van der Waals surface area contributed by atoms with Gasteiger partial charge in [-0.1, -0.05) is 28.1 Å². The van der Waals surface area contributed by atoms with E-state index in [1.54, 1.807) is 24.3 Å². The molecule has 0 bridgehead atoms. The van der Waals surface area contributed by atoms with E-state index in [1.165, 1.54) is 26.4 Å². The number of aliphatic hydroxyl groups excluding tert-OH is 4. The Morgan fingerprint density at radius 2 is 1.12 bits per heavy atom. The highest BCUT2D eigenvalue weighted by atomic mass is 79.9.